The van der Waals surface area contributed by atoms with E-state index in [1.165, 1.54) is 11.0 Å². The molecular weight excluding hydrogens is 392 g/mol. The second-order valence-electron chi connectivity index (χ2n) is 6.27. The fourth-order valence-electron chi connectivity index (χ4n) is 2.82. The zero-order chi connectivity index (χ0) is 21.2. The fourth-order valence-corrected chi connectivity index (χ4v) is 3.19. The Bertz CT molecular complexity index is 767. The van der Waals surface area contributed by atoms with E-state index in [0.29, 0.717) is 36.8 Å². The standard InChI is InChI=1S/C21H26N2O5S/c1-4-9-26-18-8-7-15(12-19(18)27-10-5-2)22-20(24)17-13-16(29)14-23(17)21(25)28-11-6-3/h4-8,12,16-17,29H,1-3,9-11,13-14H2,(H,22,24). The van der Waals surface area contributed by atoms with E-state index in [1.54, 1.807) is 30.4 Å². The summed E-state index contributed by atoms with van der Waals surface area (Å²) in [5.41, 5.74) is 0.516. The van der Waals surface area contributed by atoms with Crippen LogP contribution in [0.15, 0.2) is 56.2 Å². The van der Waals surface area contributed by atoms with Gasteiger partial charge in [0, 0.05) is 23.5 Å². The molecule has 2 atom stereocenters. The number of hydrogen-bond acceptors (Lipinski definition) is 6. The van der Waals surface area contributed by atoms with Crippen molar-refractivity contribution in [2.45, 2.75) is 17.7 Å². The molecule has 156 valence electrons. The number of amides is 2. The molecule has 0 radical (unpaired) electrons. The molecule has 0 saturated carbocycles. The molecule has 1 aliphatic rings. The smallest absolute Gasteiger partial charge is 0.410 e. The number of carbonyl (C=O) groups is 2. The highest BCUT2D eigenvalue weighted by Gasteiger charge is 2.39. The number of rotatable bonds is 10. The van der Waals surface area contributed by atoms with Crippen LogP contribution in [0.3, 0.4) is 0 Å². The van der Waals surface area contributed by atoms with Crippen molar-refractivity contribution in [2.75, 3.05) is 31.7 Å². The van der Waals surface area contributed by atoms with E-state index >= 15 is 0 Å². The molecule has 1 aromatic carbocycles. The molecule has 0 spiro atoms. The summed E-state index contributed by atoms with van der Waals surface area (Å²) in [6, 6.07) is 4.38. The third kappa shape index (κ3) is 6.32. The summed E-state index contributed by atoms with van der Waals surface area (Å²) in [5, 5.41) is 2.71. The van der Waals surface area contributed by atoms with E-state index in [1.807, 2.05) is 0 Å². The topological polar surface area (TPSA) is 77.1 Å². The average molecular weight is 419 g/mol. The first kappa shape index (κ1) is 22.4. The molecule has 7 nitrogen and oxygen atoms in total. The van der Waals surface area contributed by atoms with Crippen LogP contribution >= 0.6 is 12.6 Å². The predicted octanol–water partition coefficient (Wildman–Crippen LogP) is 3.45. The van der Waals surface area contributed by atoms with Crippen LogP contribution in [0.5, 0.6) is 11.5 Å². The predicted molar refractivity (Wildman–Crippen MR) is 116 cm³/mol. The van der Waals surface area contributed by atoms with Gasteiger partial charge in [0.2, 0.25) is 5.91 Å². The van der Waals surface area contributed by atoms with Gasteiger partial charge in [0.15, 0.2) is 11.5 Å². The minimum absolute atomic E-state index is 0.0804. The minimum Gasteiger partial charge on any atom is -0.486 e. The lowest BCUT2D eigenvalue weighted by atomic mass is 10.2. The largest absolute Gasteiger partial charge is 0.486 e. The first-order valence-electron chi connectivity index (χ1n) is 9.14. The zero-order valence-corrected chi connectivity index (χ0v) is 17.1. The molecule has 1 fully saturated rings. The lowest BCUT2D eigenvalue weighted by Gasteiger charge is -2.23. The molecule has 1 saturated heterocycles. The summed E-state index contributed by atoms with van der Waals surface area (Å²) in [6.07, 6.45) is 4.58. The number of ether oxygens (including phenoxy) is 3. The number of benzene rings is 1. The van der Waals surface area contributed by atoms with Gasteiger partial charge in [0.1, 0.15) is 25.9 Å². The maximum absolute atomic E-state index is 12.8. The van der Waals surface area contributed by atoms with Gasteiger partial charge in [-0.25, -0.2) is 4.79 Å². The fraction of sp³-hybridized carbons (Fsp3) is 0.333. The van der Waals surface area contributed by atoms with Gasteiger partial charge in [-0.2, -0.15) is 12.6 Å². The van der Waals surface area contributed by atoms with Crippen molar-refractivity contribution < 1.29 is 23.8 Å². The number of nitrogens with one attached hydrogen (secondary N) is 1. The third-order valence-electron chi connectivity index (χ3n) is 4.07. The molecule has 0 bridgehead atoms. The summed E-state index contributed by atoms with van der Waals surface area (Å²) in [6.45, 7) is 11.8. The van der Waals surface area contributed by atoms with E-state index in [-0.39, 0.29) is 24.4 Å². The van der Waals surface area contributed by atoms with Gasteiger partial charge in [-0.1, -0.05) is 38.0 Å². The van der Waals surface area contributed by atoms with E-state index < -0.39 is 12.1 Å². The monoisotopic (exact) mass is 418 g/mol. The van der Waals surface area contributed by atoms with Gasteiger partial charge in [-0.3, -0.25) is 9.69 Å². The van der Waals surface area contributed by atoms with Crippen molar-refractivity contribution >= 4 is 30.3 Å². The molecule has 0 aliphatic carbocycles. The highest BCUT2D eigenvalue weighted by atomic mass is 32.1. The maximum atomic E-state index is 12.8. The molecule has 1 N–H and O–H groups in total. The van der Waals surface area contributed by atoms with Gasteiger partial charge < -0.3 is 19.5 Å². The number of likely N-dealkylation sites (tertiary alicyclic amines) is 1. The van der Waals surface area contributed by atoms with Crippen LogP contribution in [0.25, 0.3) is 0 Å². The Morgan fingerprint density at radius 1 is 1.10 bits per heavy atom. The normalized spacial score (nSPS) is 17.9. The van der Waals surface area contributed by atoms with Crippen molar-refractivity contribution in [3.05, 3.63) is 56.2 Å². The number of anilines is 1. The van der Waals surface area contributed by atoms with Crippen LogP contribution in [-0.2, 0) is 9.53 Å². The van der Waals surface area contributed by atoms with Crippen LogP contribution in [0.2, 0.25) is 0 Å². The molecular formula is C21H26N2O5S. The molecule has 1 heterocycles. The van der Waals surface area contributed by atoms with E-state index in [2.05, 4.69) is 37.7 Å². The number of nitrogens with zero attached hydrogens (tertiary/aromatic N) is 1. The van der Waals surface area contributed by atoms with Crippen LogP contribution in [0.1, 0.15) is 6.42 Å². The molecule has 8 heteroatoms. The number of hydrogen-bond donors (Lipinski definition) is 2. The second kappa shape index (κ2) is 11.2. The lowest BCUT2D eigenvalue weighted by molar-refractivity contribution is -0.120. The van der Waals surface area contributed by atoms with Crippen molar-refractivity contribution in [3.63, 3.8) is 0 Å². The van der Waals surface area contributed by atoms with Crippen molar-refractivity contribution in [1.82, 2.24) is 4.90 Å². The quantitative estimate of drug-likeness (QED) is 0.450. The first-order valence-corrected chi connectivity index (χ1v) is 9.66. The minimum atomic E-state index is -0.677. The van der Waals surface area contributed by atoms with Gasteiger partial charge >= 0.3 is 6.09 Å². The number of carbonyl (C=O) groups excluding carboxylic acids is 2. The highest BCUT2D eigenvalue weighted by Crippen LogP contribution is 2.31. The number of thiol groups is 1. The van der Waals surface area contributed by atoms with Crippen LogP contribution in [0, 0.1) is 0 Å². The zero-order valence-electron chi connectivity index (χ0n) is 16.2. The SMILES string of the molecule is C=CCOC(=O)N1CC(S)CC1C(=O)Nc1ccc(OCC=C)c(OCC=C)c1. The van der Waals surface area contributed by atoms with Gasteiger partial charge in [0.25, 0.3) is 0 Å². The Balaban J connectivity index is 2.13. The third-order valence-corrected chi connectivity index (χ3v) is 4.44. The van der Waals surface area contributed by atoms with Gasteiger partial charge in [-0.15, -0.1) is 0 Å². The Morgan fingerprint density at radius 3 is 2.41 bits per heavy atom. The van der Waals surface area contributed by atoms with E-state index in [4.69, 9.17) is 14.2 Å². The van der Waals surface area contributed by atoms with Crippen molar-refractivity contribution in [2.24, 2.45) is 0 Å². The van der Waals surface area contributed by atoms with E-state index in [9.17, 15) is 9.59 Å². The lowest BCUT2D eigenvalue weighted by Crippen LogP contribution is -2.43. The van der Waals surface area contributed by atoms with Crippen LogP contribution in [-0.4, -0.2) is 54.6 Å². The molecule has 1 aromatic rings. The van der Waals surface area contributed by atoms with Gasteiger partial charge in [0.05, 0.1) is 0 Å². The van der Waals surface area contributed by atoms with E-state index in [0.717, 1.165) is 0 Å². The molecule has 29 heavy (non-hydrogen) atoms. The van der Waals surface area contributed by atoms with Crippen molar-refractivity contribution in [1.29, 1.82) is 0 Å². The summed E-state index contributed by atoms with van der Waals surface area (Å²) in [7, 11) is 0. The molecule has 1 aliphatic heterocycles. The molecule has 2 unspecified atom stereocenters. The maximum Gasteiger partial charge on any atom is 0.410 e. The Hall–Kier alpha value is -2.87. The summed E-state index contributed by atoms with van der Waals surface area (Å²) in [4.78, 5) is 26.4. The summed E-state index contributed by atoms with van der Waals surface area (Å²) >= 11 is 4.41. The van der Waals surface area contributed by atoms with Crippen LogP contribution in [0.4, 0.5) is 10.5 Å². The van der Waals surface area contributed by atoms with Crippen LogP contribution < -0.4 is 14.8 Å². The van der Waals surface area contributed by atoms with Crippen molar-refractivity contribution in [3.8, 4) is 11.5 Å². The Labute approximate surface area is 176 Å². The average Bonchev–Trinajstić information content (AvgIpc) is 3.11. The second-order valence-corrected chi connectivity index (χ2v) is 7.00. The Kier molecular flexibility index (Phi) is 8.67. The molecule has 2 amide bonds. The summed E-state index contributed by atoms with van der Waals surface area (Å²) in [5.74, 6) is 0.660. The summed E-state index contributed by atoms with van der Waals surface area (Å²) < 4.78 is 16.3. The molecule has 2 rings (SSSR count). The molecule has 0 aromatic heterocycles. The van der Waals surface area contributed by atoms with Gasteiger partial charge in [-0.05, 0) is 18.6 Å². The Morgan fingerprint density at radius 2 is 1.76 bits per heavy atom. The highest BCUT2D eigenvalue weighted by molar-refractivity contribution is 7.81. The first-order chi connectivity index (χ1) is 14.0.